The summed E-state index contributed by atoms with van der Waals surface area (Å²) in [5.74, 6) is -2.79. The predicted molar refractivity (Wildman–Crippen MR) is 120 cm³/mol. The molecule has 1 heterocycles. The molecule has 1 aliphatic rings. The van der Waals surface area contributed by atoms with Gasteiger partial charge >= 0.3 is 11.9 Å². The first kappa shape index (κ1) is 23.2. The van der Waals surface area contributed by atoms with Crippen molar-refractivity contribution < 1.29 is 29.0 Å². The maximum atomic E-state index is 13.1. The molecule has 1 aliphatic heterocycles. The number of hydrazone groups is 1. The lowest BCUT2D eigenvalue weighted by Gasteiger charge is -2.15. The van der Waals surface area contributed by atoms with Crippen LogP contribution in [0.15, 0.2) is 59.2 Å². The summed E-state index contributed by atoms with van der Waals surface area (Å²) in [5, 5.41) is 15.9. The Morgan fingerprint density at radius 3 is 2.34 bits per heavy atom. The highest BCUT2D eigenvalue weighted by Crippen LogP contribution is 2.29. The highest BCUT2D eigenvalue weighted by molar-refractivity contribution is 6.30. The molecule has 0 saturated carbocycles. The zero-order valence-corrected chi connectivity index (χ0v) is 18.2. The van der Waals surface area contributed by atoms with Crippen molar-refractivity contribution in [2.75, 3.05) is 25.8 Å². The fourth-order valence-corrected chi connectivity index (χ4v) is 3.38. The molecule has 1 atom stereocenters. The average molecular weight is 457 g/mol. The summed E-state index contributed by atoms with van der Waals surface area (Å²) in [5.41, 5.74) is 1.90. The molecular formula is C23H21ClN2O6. The van der Waals surface area contributed by atoms with Gasteiger partial charge in [-0.05, 0) is 54.5 Å². The number of methoxy groups -OCH3 is 2. The molecule has 0 radical (unpaired) electrons. The number of hydrogen-bond acceptors (Lipinski definition) is 6. The topological polar surface area (TPSA) is 106 Å². The van der Waals surface area contributed by atoms with E-state index < -0.39 is 17.9 Å². The fourth-order valence-electron chi connectivity index (χ4n) is 3.25. The Morgan fingerprint density at radius 2 is 1.78 bits per heavy atom. The van der Waals surface area contributed by atoms with Gasteiger partial charge in [-0.2, -0.15) is 5.10 Å². The first-order valence-corrected chi connectivity index (χ1v) is 10.00. The summed E-state index contributed by atoms with van der Waals surface area (Å²) in [4.78, 5) is 36.6. The van der Waals surface area contributed by atoms with Crippen molar-refractivity contribution in [3.05, 3.63) is 70.3 Å². The number of carbonyl (C=O) groups excluding carboxylic acids is 2. The van der Waals surface area contributed by atoms with Crippen LogP contribution < -0.4 is 5.01 Å². The molecular weight excluding hydrogens is 436 g/mol. The lowest BCUT2D eigenvalue weighted by Crippen LogP contribution is -2.29. The van der Waals surface area contributed by atoms with E-state index in [4.69, 9.17) is 16.3 Å². The van der Waals surface area contributed by atoms with Crippen LogP contribution in [0.4, 0.5) is 5.69 Å². The third-order valence-corrected chi connectivity index (χ3v) is 5.12. The number of amides is 1. The quantitative estimate of drug-likeness (QED) is 0.480. The van der Waals surface area contributed by atoms with Crippen LogP contribution in [0.1, 0.15) is 22.3 Å². The predicted octanol–water partition coefficient (Wildman–Crippen LogP) is 3.65. The third-order valence-electron chi connectivity index (χ3n) is 4.87. The van der Waals surface area contributed by atoms with Gasteiger partial charge in [-0.25, -0.2) is 14.6 Å². The second-order valence-corrected chi connectivity index (χ2v) is 7.43. The molecule has 1 amide bonds. The number of rotatable bonds is 8. The van der Waals surface area contributed by atoms with E-state index in [1.807, 2.05) is 0 Å². The monoisotopic (exact) mass is 456 g/mol. The number of hydrogen-bond donors (Lipinski definition) is 1. The molecule has 9 heteroatoms. The maximum Gasteiger partial charge on any atom is 0.337 e. The number of benzene rings is 2. The molecule has 0 spiro atoms. The highest BCUT2D eigenvalue weighted by atomic mass is 35.5. The molecule has 2 aromatic carbocycles. The van der Waals surface area contributed by atoms with E-state index in [1.165, 1.54) is 37.4 Å². The Hall–Kier alpha value is -3.49. The molecule has 0 aromatic heterocycles. The molecule has 0 fully saturated rings. The van der Waals surface area contributed by atoms with Crippen LogP contribution >= 0.6 is 11.6 Å². The van der Waals surface area contributed by atoms with Gasteiger partial charge < -0.3 is 14.6 Å². The summed E-state index contributed by atoms with van der Waals surface area (Å²) in [6, 6.07) is 12.9. The first-order valence-electron chi connectivity index (χ1n) is 9.62. The first-order chi connectivity index (χ1) is 15.3. The molecule has 1 N–H and O–H groups in total. The second kappa shape index (κ2) is 10.2. The summed E-state index contributed by atoms with van der Waals surface area (Å²) in [6.45, 7) is 0.0845. The molecule has 8 nitrogen and oxygen atoms in total. The van der Waals surface area contributed by atoms with Crippen molar-refractivity contribution in [1.82, 2.24) is 0 Å². The molecule has 0 saturated heterocycles. The normalized spacial score (nSPS) is 16.2. The zero-order valence-electron chi connectivity index (χ0n) is 17.4. The summed E-state index contributed by atoms with van der Waals surface area (Å²) >= 11 is 5.92. The summed E-state index contributed by atoms with van der Waals surface area (Å²) in [7, 11) is 2.76. The molecule has 166 valence electrons. The number of carboxylic acid groups (broad SMARTS) is 1. The Kier molecular flexibility index (Phi) is 7.40. The Morgan fingerprint density at radius 1 is 1.12 bits per heavy atom. The van der Waals surface area contributed by atoms with Gasteiger partial charge in [0.25, 0.3) is 5.91 Å². The molecule has 2 aromatic rings. The Bertz CT molecular complexity index is 1080. The number of carbonyl (C=O) groups is 3. The maximum absolute atomic E-state index is 13.1. The minimum Gasteiger partial charge on any atom is -0.478 e. The van der Waals surface area contributed by atoms with Gasteiger partial charge in [0.05, 0.1) is 36.6 Å². The smallest absolute Gasteiger partial charge is 0.337 e. The summed E-state index contributed by atoms with van der Waals surface area (Å²) < 4.78 is 9.83. The minimum absolute atomic E-state index is 0.0240. The van der Waals surface area contributed by atoms with Gasteiger partial charge in [0, 0.05) is 17.7 Å². The number of nitrogens with zero attached hydrogens (tertiary/aromatic N) is 2. The second-order valence-electron chi connectivity index (χ2n) is 7.00. The van der Waals surface area contributed by atoms with Crippen molar-refractivity contribution in [2.45, 2.75) is 6.42 Å². The fraction of sp³-hybridized carbons (Fsp3) is 0.217. The third kappa shape index (κ3) is 5.22. The SMILES string of the molecule is COCC1=NN(c2ccc(Cl)cc2)C(=O)C1C/C(=C/c1ccc(C(=O)OC)cc1)C(=O)O. The van der Waals surface area contributed by atoms with Crippen molar-refractivity contribution >= 4 is 46.9 Å². The average Bonchev–Trinajstić information content (AvgIpc) is 3.09. The summed E-state index contributed by atoms with van der Waals surface area (Å²) in [6.07, 6.45) is 1.39. The van der Waals surface area contributed by atoms with Crippen LogP contribution in [-0.2, 0) is 19.1 Å². The number of aliphatic carboxylic acids is 1. The molecule has 0 bridgehead atoms. The van der Waals surface area contributed by atoms with Crippen molar-refractivity contribution in [2.24, 2.45) is 11.0 Å². The van der Waals surface area contributed by atoms with E-state index in [2.05, 4.69) is 9.84 Å². The Labute approximate surface area is 189 Å². The largest absolute Gasteiger partial charge is 0.478 e. The van der Waals surface area contributed by atoms with Crippen LogP contribution in [0, 0.1) is 5.92 Å². The standard InChI is InChI=1S/C23H21ClN2O6/c1-31-13-20-19(21(27)26(25-20)18-9-7-17(24)8-10-18)12-16(22(28)29)11-14-3-5-15(6-4-14)23(30)32-2/h3-11,19H,12-13H2,1-2H3,(H,28,29)/b16-11-. The van der Waals surface area contributed by atoms with Gasteiger partial charge in [-0.3, -0.25) is 4.79 Å². The van der Waals surface area contributed by atoms with E-state index in [1.54, 1.807) is 36.4 Å². The van der Waals surface area contributed by atoms with Gasteiger partial charge in [0.1, 0.15) is 0 Å². The van der Waals surface area contributed by atoms with Crippen LogP contribution in [0.2, 0.25) is 5.02 Å². The van der Waals surface area contributed by atoms with Gasteiger partial charge in [-0.1, -0.05) is 23.7 Å². The lowest BCUT2D eigenvalue weighted by atomic mass is 9.93. The molecule has 1 unspecified atom stereocenters. The van der Waals surface area contributed by atoms with E-state index in [0.29, 0.717) is 27.5 Å². The van der Waals surface area contributed by atoms with Gasteiger partial charge in [0.2, 0.25) is 0 Å². The number of ether oxygens (including phenoxy) is 2. The van der Waals surface area contributed by atoms with Gasteiger partial charge in [-0.15, -0.1) is 0 Å². The number of halogens is 1. The zero-order chi connectivity index (χ0) is 23.3. The number of esters is 1. The molecule has 3 rings (SSSR count). The minimum atomic E-state index is -1.16. The van der Waals surface area contributed by atoms with Crippen molar-refractivity contribution in [3.8, 4) is 0 Å². The highest BCUT2D eigenvalue weighted by Gasteiger charge is 2.37. The van der Waals surface area contributed by atoms with Crippen molar-refractivity contribution in [1.29, 1.82) is 0 Å². The number of anilines is 1. The van der Waals surface area contributed by atoms with E-state index in [0.717, 1.165) is 0 Å². The van der Waals surface area contributed by atoms with Crippen LogP contribution in [0.5, 0.6) is 0 Å². The van der Waals surface area contributed by atoms with E-state index >= 15 is 0 Å². The van der Waals surface area contributed by atoms with E-state index in [-0.39, 0.29) is 24.5 Å². The molecule has 0 aliphatic carbocycles. The van der Waals surface area contributed by atoms with Crippen molar-refractivity contribution in [3.63, 3.8) is 0 Å². The molecule has 32 heavy (non-hydrogen) atoms. The van der Waals surface area contributed by atoms with Crippen LogP contribution in [-0.4, -0.2) is 49.5 Å². The lowest BCUT2D eigenvalue weighted by molar-refractivity contribution is -0.132. The van der Waals surface area contributed by atoms with Gasteiger partial charge in [0.15, 0.2) is 0 Å². The number of carboxylic acids is 1. The van der Waals surface area contributed by atoms with Crippen LogP contribution in [0.3, 0.4) is 0 Å². The Balaban J connectivity index is 1.87. The van der Waals surface area contributed by atoms with E-state index in [9.17, 15) is 19.5 Å². The van der Waals surface area contributed by atoms with Crippen LogP contribution in [0.25, 0.3) is 6.08 Å².